The van der Waals surface area contributed by atoms with Crippen LogP contribution in [0, 0.1) is 35.5 Å². The number of carbonyl (C=O) groups is 2. The highest BCUT2D eigenvalue weighted by Crippen LogP contribution is 2.46. The second-order valence-electron chi connectivity index (χ2n) is 10.5. The van der Waals surface area contributed by atoms with E-state index in [1.807, 2.05) is 18.3 Å². The molecule has 0 spiro atoms. The highest BCUT2D eigenvalue weighted by Gasteiger charge is 2.42. The van der Waals surface area contributed by atoms with Crippen molar-refractivity contribution in [2.24, 2.45) is 35.5 Å². The van der Waals surface area contributed by atoms with Crippen LogP contribution in [0.5, 0.6) is 0 Å². The number of allylic oxidation sites excluding steroid dienone is 5. The van der Waals surface area contributed by atoms with Crippen LogP contribution in [0.15, 0.2) is 54.3 Å². The molecule has 0 bridgehead atoms. The Labute approximate surface area is 203 Å². The Morgan fingerprint density at radius 2 is 2.06 bits per heavy atom. The van der Waals surface area contributed by atoms with E-state index < -0.39 is 11.9 Å². The minimum atomic E-state index is -0.799. The van der Waals surface area contributed by atoms with Crippen molar-refractivity contribution in [3.8, 4) is 0 Å². The van der Waals surface area contributed by atoms with Crippen LogP contribution in [0.4, 0.5) is 0 Å². The summed E-state index contributed by atoms with van der Waals surface area (Å²) >= 11 is 0. The average molecular weight is 466 g/mol. The number of aromatic amines is 1. The van der Waals surface area contributed by atoms with Crippen LogP contribution in [0.2, 0.25) is 0 Å². The van der Waals surface area contributed by atoms with Gasteiger partial charge >= 0.3 is 5.97 Å². The van der Waals surface area contributed by atoms with Gasteiger partial charge in [0.2, 0.25) is 0 Å². The van der Waals surface area contributed by atoms with E-state index in [-0.39, 0.29) is 29.8 Å². The van der Waals surface area contributed by atoms with Gasteiger partial charge in [-0.25, -0.2) is 0 Å². The molecule has 184 valence electrons. The molecule has 2 N–H and O–H groups in total. The lowest BCUT2D eigenvalue weighted by atomic mass is 9.69. The number of aliphatic carboxylic acids is 1. The third-order valence-electron chi connectivity index (χ3n) is 8.36. The first-order valence-electron chi connectivity index (χ1n) is 13.0. The molecule has 2 heterocycles. The Morgan fingerprint density at radius 1 is 1.24 bits per heavy atom. The molecule has 3 aliphatic rings. The molecular weight excluding hydrogens is 426 g/mol. The fraction of sp³-hybridized carbons (Fsp3) is 0.586. The molecule has 1 saturated heterocycles. The molecule has 4 rings (SSSR count). The Kier molecular flexibility index (Phi) is 7.92. The second kappa shape index (κ2) is 10.9. The zero-order valence-electron chi connectivity index (χ0n) is 20.7. The average Bonchev–Trinajstić information content (AvgIpc) is 3.53. The van der Waals surface area contributed by atoms with Crippen LogP contribution in [-0.2, 0) is 9.53 Å². The topological polar surface area (TPSA) is 79.4 Å². The molecule has 2 fully saturated rings. The normalized spacial score (nSPS) is 34.8. The van der Waals surface area contributed by atoms with E-state index in [0.717, 1.165) is 25.7 Å². The number of carboxylic acid groups (broad SMARTS) is 1. The van der Waals surface area contributed by atoms with Gasteiger partial charge in [0.15, 0.2) is 5.78 Å². The first-order valence-corrected chi connectivity index (χ1v) is 13.0. The molecule has 5 nitrogen and oxygen atoms in total. The molecule has 0 amide bonds. The van der Waals surface area contributed by atoms with E-state index in [1.54, 1.807) is 6.92 Å². The fourth-order valence-electron chi connectivity index (χ4n) is 6.26. The van der Waals surface area contributed by atoms with Crippen molar-refractivity contribution in [2.45, 2.75) is 71.5 Å². The molecule has 0 radical (unpaired) electrons. The van der Waals surface area contributed by atoms with Crippen LogP contribution in [0.25, 0.3) is 0 Å². The van der Waals surface area contributed by atoms with Crippen LogP contribution in [0.1, 0.15) is 69.8 Å². The summed E-state index contributed by atoms with van der Waals surface area (Å²) in [6.07, 6.45) is 18.6. The summed E-state index contributed by atoms with van der Waals surface area (Å²) in [5.74, 6) is 0.237. The van der Waals surface area contributed by atoms with Gasteiger partial charge < -0.3 is 14.8 Å². The number of rotatable bonds is 8. The van der Waals surface area contributed by atoms with Gasteiger partial charge in [-0.3, -0.25) is 9.59 Å². The van der Waals surface area contributed by atoms with Gasteiger partial charge in [0.1, 0.15) is 0 Å². The smallest absolute Gasteiger partial charge is 0.308 e. The lowest BCUT2D eigenvalue weighted by Gasteiger charge is -2.37. The Balaban J connectivity index is 1.53. The number of ether oxygens (including phenoxy) is 1. The van der Waals surface area contributed by atoms with Crippen molar-refractivity contribution in [2.75, 3.05) is 0 Å². The van der Waals surface area contributed by atoms with Crippen molar-refractivity contribution in [1.82, 2.24) is 4.98 Å². The standard InChI is InChI=1S/C29H39NO4/c1-4-20(28-18(2)13-16-25(34-28)19(3)29(32)33)8-5-10-22-15-14-21-9-6-11-23(21)26(22)27(31)24-12-7-17-30-24/h5,7-8,10,12,14-15,17-19,21-23,25-26,28,30H,4,6,9,11,13,16H2,1-3H3,(H,32,33)/b10-5+,20-8-/t18-,19-,21-,22+,23-,25-,26+,28+/m0/s1. The molecule has 1 saturated carbocycles. The fourth-order valence-corrected chi connectivity index (χ4v) is 6.26. The van der Waals surface area contributed by atoms with Gasteiger partial charge in [0.05, 0.1) is 23.8 Å². The summed E-state index contributed by atoms with van der Waals surface area (Å²) in [6, 6.07) is 3.78. The van der Waals surface area contributed by atoms with Crippen LogP contribution in [0.3, 0.4) is 0 Å². The quantitative estimate of drug-likeness (QED) is 0.272. The number of fused-ring (bicyclic) bond motifs is 1. The second-order valence-corrected chi connectivity index (χ2v) is 10.5. The van der Waals surface area contributed by atoms with Crippen LogP contribution >= 0.6 is 0 Å². The predicted octanol–water partition coefficient (Wildman–Crippen LogP) is 6.21. The van der Waals surface area contributed by atoms with Crippen LogP contribution < -0.4 is 0 Å². The van der Waals surface area contributed by atoms with Gasteiger partial charge in [-0.05, 0) is 74.5 Å². The van der Waals surface area contributed by atoms with E-state index >= 15 is 0 Å². The molecule has 8 atom stereocenters. The summed E-state index contributed by atoms with van der Waals surface area (Å²) in [4.78, 5) is 28.0. The number of Topliss-reactive ketones (excluding diaryl/α,β-unsaturated/α-hetero) is 1. The molecule has 2 aliphatic carbocycles. The third-order valence-corrected chi connectivity index (χ3v) is 8.36. The first kappa shape index (κ1) is 24.7. The van der Waals surface area contributed by atoms with E-state index in [2.05, 4.69) is 49.2 Å². The highest BCUT2D eigenvalue weighted by molar-refractivity contribution is 5.97. The molecular formula is C29H39NO4. The molecule has 1 aromatic heterocycles. The van der Waals surface area contributed by atoms with Gasteiger partial charge in [-0.15, -0.1) is 0 Å². The maximum atomic E-state index is 13.4. The maximum Gasteiger partial charge on any atom is 0.308 e. The summed E-state index contributed by atoms with van der Waals surface area (Å²) in [7, 11) is 0. The Bertz CT molecular complexity index is 943. The molecule has 0 aromatic carbocycles. The summed E-state index contributed by atoms with van der Waals surface area (Å²) in [5, 5.41) is 9.43. The zero-order chi connectivity index (χ0) is 24.2. The van der Waals surface area contributed by atoms with E-state index in [1.165, 1.54) is 18.4 Å². The number of hydrogen-bond donors (Lipinski definition) is 2. The monoisotopic (exact) mass is 465 g/mol. The summed E-state index contributed by atoms with van der Waals surface area (Å²) in [6.45, 7) is 6.05. The number of nitrogens with one attached hydrogen (secondary N) is 1. The predicted molar refractivity (Wildman–Crippen MR) is 133 cm³/mol. The third kappa shape index (κ3) is 5.14. The summed E-state index contributed by atoms with van der Waals surface area (Å²) in [5.41, 5.74) is 1.90. The molecule has 1 aromatic rings. The van der Waals surface area contributed by atoms with Crippen molar-refractivity contribution in [1.29, 1.82) is 0 Å². The van der Waals surface area contributed by atoms with Gasteiger partial charge in [0.25, 0.3) is 0 Å². The van der Waals surface area contributed by atoms with Gasteiger partial charge in [0, 0.05) is 18.0 Å². The van der Waals surface area contributed by atoms with E-state index in [4.69, 9.17) is 4.74 Å². The van der Waals surface area contributed by atoms with Crippen molar-refractivity contribution >= 4 is 11.8 Å². The van der Waals surface area contributed by atoms with Crippen LogP contribution in [-0.4, -0.2) is 34.1 Å². The SMILES string of the molecule is CC/C(=C/C=C/[C@@H]1C=C[C@@H]2CCC[C@@H]2[C@@H]1C(=O)c1ccc[nH]1)[C@@H]1O[C@H]([C@H](C)C(=O)O)CC[C@@H]1C. The number of H-pyrrole nitrogens is 1. The maximum absolute atomic E-state index is 13.4. The highest BCUT2D eigenvalue weighted by atomic mass is 16.5. The number of aromatic nitrogens is 1. The largest absolute Gasteiger partial charge is 0.481 e. The van der Waals surface area contributed by atoms with Gasteiger partial charge in [-0.2, -0.15) is 0 Å². The zero-order valence-corrected chi connectivity index (χ0v) is 20.7. The number of carboxylic acids is 1. The molecule has 1 aliphatic heterocycles. The van der Waals surface area contributed by atoms with Crippen molar-refractivity contribution in [3.63, 3.8) is 0 Å². The van der Waals surface area contributed by atoms with Crippen molar-refractivity contribution < 1.29 is 19.4 Å². The lowest BCUT2D eigenvalue weighted by molar-refractivity contribution is -0.152. The van der Waals surface area contributed by atoms with E-state index in [9.17, 15) is 14.7 Å². The lowest BCUT2D eigenvalue weighted by Crippen LogP contribution is -2.40. The van der Waals surface area contributed by atoms with Crippen molar-refractivity contribution in [3.05, 3.63) is 60.0 Å². The Hall–Kier alpha value is -2.40. The molecule has 34 heavy (non-hydrogen) atoms. The minimum absolute atomic E-state index is 0.0310. The summed E-state index contributed by atoms with van der Waals surface area (Å²) < 4.78 is 6.33. The Morgan fingerprint density at radius 3 is 2.76 bits per heavy atom. The molecule has 5 heteroatoms. The number of carbonyl (C=O) groups excluding carboxylic acids is 1. The van der Waals surface area contributed by atoms with Gasteiger partial charge in [-0.1, -0.05) is 50.6 Å². The number of hydrogen-bond acceptors (Lipinski definition) is 3. The number of ketones is 1. The van der Waals surface area contributed by atoms with E-state index in [0.29, 0.717) is 23.4 Å². The minimum Gasteiger partial charge on any atom is -0.481 e. The first-order chi connectivity index (χ1) is 16.4. The molecule has 0 unspecified atom stereocenters.